The van der Waals surface area contributed by atoms with Crippen molar-refractivity contribution in [2.45, 2.75) is 40.2 Å². The molecule has 0 aliphatic rings. The molecule has 0 spiro atoms. The van der Waals surface area contributed by atoms with Crippen LogP contribution in [0.25, 0.3) is 0 Å². The molecular formula is C20H25NO3. The molecule has 2 rings (SSSR count). The Hall–Kier alpha value is -2.49. The van der Waals surface area contributed by atoms with Crippen LogP contribution >= 0.6 is 0 Å². The van der Waals surface area contributed by atoms with E-state index in [1.54, 1.807) is 6.92 Å². The first-order chi connectivity index (χ1) is 11.5. The molecule has 0 fully saturated rings. The predicted molar refractivity (Wildman–Crippen MR) is 96.9 cm³/mol. The number of benzene rings is 2. The number of anilines is 1. The van der Waals surface area contributed by atoms with Crippen LogP contribution in [0.15, 0.2) is 42.5 Å². The largest absolute Gasteiger partial charge is 0.490 e. The second kappa shape index (κ2) is 8.39. The quantitative estimate of drug-likeness (QED) is 0.814. The molecule has 4 heteroatoms. The highest BCUT2D eigenvalue weighted by molar-refractivity contribution is 5.95. The summed E-state index contributed by atoms with van der Waals surface area (Å²) in [4.78, 5) is 12.5. The molecule has 0 unspecified atom stereocenters. The fourth-order valence-corrected chi connectivity index (χ4v) is 2.36. The molecule has 0 aromatic heterocycles. The highest BCUT2D eigenvalue weighted by Gasteiger charge is 2.18. The fourth-order valence-electron chi connectivity index (χ4n) is 2.36. The average Bonchev–Trinajstić information content (AvgIpc) is 2.57. The molecule has 0 bridgehead atoms. The lowest BCUT2D eigenvalue weighted by Gasteiger charge is -2.18. The smallest absolute Gasteiger partial charge is 0.265 e. The van der Waals surface area contributed by atoms with Gasteiger partial charge in [0.05, 0.1) is 6.61 Å². The van der Waals surface area contributed by atoms with Crippen LogP contribution in [-0.2, 0) is 4.79 Å². The summed E-state index contributed by atoms with van der Waals surface area (Å²) in [5.74, 6) is 1.05. The number of hydrogen-bond acceptors (Lipinski definition) is 3. The molecule has 0 heterocycles. The normalized spacial score (nSPS) is 11.7. The number of rotatable bonds is 7. The minimum Gasteiger partial charge on any atom is -0.490 e. The Labute approximate surface area is 143 Å². The van der Waals surface area contributed by atoms with E-state index in [0.717, 1.165) is 23.2 Å². The number of nitrogens with one attached hydrogen (secondary N) is 1. The molecule has 1 N–H and O–H groups in total. The third-order valence-electron chi connectivity index (χ3n) is 3.71. The zero-order chi connectivity index (χ0) is 17.5. The summed E-state index contributed by atoms with van der Waals surface area (Å²) in [6.07, 6.45) is 0.284. The minimum atomic E-state index is -0.629. The summed E-state index contributed by atoms with van der Waals surface area (Å²) in [5, 5.41) is 2.96. The summed E-state index contributed by atoms with van der Waals surface area (Å²) < 4.78 is 11.5. The van der Waals surface area contributed by atoms with Gasteiger partial charge in [-0.3, -0.25) is 4.79 Å². The Bertz CT molecular complexity index is 677. The van der Waals surface area contributed by atoms with Crippen LogP contribution in [0.2, 0.25) is 0 Å². The van der Waals surface area contributed by atoms with Gasteiger partial charge in [0.2, 0.25) is 0 Å². The van der Waals surface area contributed by atoms with Gasteiger partial charge in [0.1, 0.15) is 0 Å². The first kappa shape index (κ1) is 17.9. The van der Waals surface area contributed by atoms with Crippen molar-refractivity contribution in [1.29, 1.82) is 0 Å². The molecule has 0 aliphatic carbocycles. The number of carbonyl (C=O) groups excluding carboxylic acids is 1. The van der Waals surface area contributed by atoms with E-state index in [1.165, 1.54) is 0 Å². The van der Waals surface area contributed by atoms with Crippen molar-refractivity contribution in [3.8, 4) is 11.5 Å². The zero-order valence-electron chi connectivity index (χ0n) is 14.8. The highest BCUT2D eigenvalue weighted by Crippen LogP contribution is 2.28. The second-order valence-electron chi connectivity index (χ2n) is 5.81. The number of amides is 1. The lowest BCUT2D eigenvalue weighted by Crippen LogP contribution is -2.30. The number of hydrogen-bond donors (Lipinski definition) is 1. The summed E-state index contributed by atoms with van der Waals surface area (Å²) in [5.41, 5.74) is 2.90. The van der Waals surface area contributed by atoms with Crippen LogP contribution in [0, 0.1) is 13.8 Å². The van der Waals surface area contributed by atoms with Crippen molar-refractivity contribution in [3.05, 3.63) is 53.6 Å². The molecule has 0 aliphatic heterocycles. The summed E-state index contributed by atoms with van der Waals surface area (Å²) in [6.45, 7) is 8.34. The lowest BCUT2D eigenvalue weighted by atomic mass is 10.1. The molecule has 0 saturated heterocycles. The first-order valence-corrected chi connectivity index (χ1v) is 8.28. The number of carbonyl (C=O) groups is 1. The topological polar surface area (TPSA) is 47.6 Å². The third kappa shape index (κ3) is 4.51. The molecule has 2 aromatic carbocycles. The van der Waals surface area contributed by atoms with Gasteiger partial charge in [-0.1, -0.05) is 37.3 Å². The van der Waals surface area contributed by atoms with E-state index in [4.69, 9.17) is 9.47 Å². The standard InChI is InChI=1S/C20H25NO3/c1-5-13-23-17-11-6-7-12-18(17)24-16(4)20(22)21-19-14(2)9-8-10-15(19)3/h6-12,16H,5,13H2,1-4H3,(H,21,22)/t16-/m1/s1. The summed E-state index contributed by atoms with van der Waals surface area (Å²) in [7, 11) is 0. The van der Waals surface area contributed by atoms with Crippen molar-refractivity contribution in [1.82, 2.24) is 0 Å². The van der Waals surface area contributed by atoms with Crippen LogP contribution in [0.5, 0.6) is 11.5 Å². The lowest BCUT2D eigenvalue weighted by molar-refractivity contribution is -0.122. The van der Waals surface area contributed by atoms with Gasteiger partial charge >= 0.3 is 0 Å². The zero-order valence-corrected chi connectivity index (χ0v) is 14.8. The van der Waals surface area contributed by atoms with Crippen LogP contribution < -0.4 is 14.8 Å². The molecule has 24 heavy (non-hydrogen) atoms. The van der Waals surface area contributed by atoms with Crippen molar-refractivity contribution in [2.24, 2.45) is 0 Å². The highest BCUT2D eigenvalue weighted by atomic mass is 16.5. The van der Waals surface area contributed by atoms with Gasteiger partial charge in [-0.15, -0.1) is 0 Å². The number of aryl methyl sites for hydroxylation is 2. The van der Waals surface area contributed by atoms with Gasteiger partial charge in [-0.05, 0) is 50.5 Å². The SMILES string of the molecule is CCCOc1ccccc1O[C@H](C)C(=O)Nc1c(C)cccc1C. The molecule has 1 amide bonds. The van der Waals surface area contributed by atoms with Crippen LogP contribution in [0.3, 0.4) is 0 Å². The first-order valence-electron chi connectivity index (χ1n) is 8.28. The average molecular weight is 327 g/mol. The van der Waals surface area contributed by atoms with Crippen molar-refractivity contribution >= 4 is 11.6 Å². The number of para-hydroxylation sites is 3. The monoisotopic (exact) mass is 327 g/mol. The summed E-state index contributed by atoms with van der Waals surface area (Å²) >= 11 is 0. The van der Waals surface area contributed by atoms with E-state index >= 15 is 0 Å². The Morgan fingerprint density at radius 1 is 1.04 bits per heavy atom. The molecule has 0 radical (unpaired) electrons. The second-order valence-corrected chi connectivity index (χ2v) is 5.81. The van der Waals surface area contributed by atoms with Gasteiger partial charge in [0.25, 0.3) is 5.91 Å². The van der Waals surface area contributed by atoms with E-state index in [9.17, 15) is 4.79 Å². The summed E-state index contributed by atoms with van der Waals surface area (Å²) in [6, 6.07) is 13.3. The minimum absolute atomic E-state index is 0.183. The Morgan fingerprint density at radius 2 is 1.67 bits per heavy atom. The maximum Gasteiger partial charge on any atom is 0.265 e. The van der Waals surface area contributed by atoms with Crippen LogP contribution in [-0.4, -0.2) is 18.6 Å². The van der Waals surface area contributed by atoms with Crippen molar-refractivity contribution in [3.63, 3.8) is 0 Å². The van der Waals surface area contributed by atoms with Gasteiger partial charge in [0, 0.05) is 5.69 Å². The van der Waals surface area contributed by atoms with Crippen LogP contribution in [0.4, 0.5) is 5.69 Å². The maximum absolute atomic E-state index is 12.5. The van der Waals surface area contributed by atoms with Crippen molar-refractivity contribution < 1.29 is 14.3 Å². The van der Waals surface area contributed by atoms with Gasteiger partial charge < -0.3 is 14.8 Å². The van der Waals surface area contributed by atoms with E-state index in [1.807, 2.05) is 63.2 Å². The van der Waals surface area contributed by atoms with Gasteiger partial charge in [0.15, 0.2) is 17.6 Å². The molecule has 2 aromatic rings. The third-order valence-corrected chi connectivity index (χ3v) is 3.71. The van der Waals surface area contributed by atoms with E-state index < -0.39 is 6.10 Å². The predicted octanol–water partition coefficient (Wildman–Crippen LogP) is 4.50. The van der Waals surface area contributed by atoms with E-state index in [2.05, 4.69) is 5.32 Å². The Balaban J connectivity index is 2.07. The van der Waals surface area contributed by atoms with E-state index in [-0.39, 0.29) is 5.91 Å². The van der Waals surface area contributed by atoms with E-state index in [0.29, 0.717) is 18.1 Å². The Kier molecular flexibility index (Phi) is 6.24. The molecule has 128 valence electrons. The van der Waals surface area contributed by atoms with Gasteiger partial charge in [-0.2, -0.15) is 0 Å². The molecular weight excluding hydrogens is 302 g/mol. The maximum atomic E-state index is 12.5. The van der Waals surface area contributed by atoms with Crippen molar-refractivity contribution in [2.75, 3.05) is 11.9 Å². The number of ether oxygens (including phenoxy) is 2. The van der Waals surface area contributed by atoms with Gasteiger partial charge in [-0.25, -0.2) is 0 Å². The molecule has 1 atom stereocenters. The van der Waals surface area contributed by atoms with Crippen LogP contribution in [0.1, 0.15) is 31.4 Å². The Morgan fingerprint density at radius 3 is 2.29 bits per heavy atom. The fraction of sp³-hybridized carbons (Fsp3) is 0.350. The molecule has 4 nitrogen and oxygen atoms in total. The molecule has 0 saturated carbocycles.